The third kappa shape index (κ3) is 6.19. The summed E-state index contributed by atoms with van der Waals surface area (Å²) in [4.78, 5) is 0. The Morgan fingerprint density at radius 2 is 0.774 bits per heavy atom. The van der Waals surface area contributed by atoms with Gasteiger partial charge in [0.2, 0.25) is 0 Å². The number of fused-ring (bicyclic) bond motifs is 6. The molecular formula is C60H42N2. The second-order valence-corrected chi connectivity index (χ2v) is 16.5. The molecule has 0 spiro atoms. The summed E-state index contributed by atoms with van der Waals surface area (Å²) in [6.45, 7) is 0. The minimum Gasteiger partial charge on any atom is -0.333 e. The summed E-state index contributed by atoms with van der Waals surface area (Å²) >= 11 is 0. The molecule has 1 aliphatic carbocycles. The second-order valence-electron chi connectivity index (χ2n) is 16.5. The van der Waals surface area contributed by atoms with Crippen LogP contribution in [-0.2, 0) is 0 Å². The van der Waals surface area contributed by atoms with Crippen molar-refractivity contribution < 1.29 is 0 Å². The Morgan fingerprint density at radius 1 is 0.323 bits per heavy atom. The van der Waals surface area contributed by atoms with E-state index in [4.69, 9.17) is 0 Å². The molecule has 0 N–H and O–H groups in total. The molecule has 1 atom stereocenters. The topological polar surface area (TPSA) is 9.86 Å². The molecule has 1 unspecified atom stereocenters. The van der Waals surface area contributed by atoms with Crippen molar-refractivity contribution in [3.05, 3.63) is 248 Å². The predicted octanol–water partition coefficient (Wildman–Crippen LogP) is 16.0. The highest BCUT2D eigenvalue weighted by molar-refractivity contribution is 6.12. The van der Waals surface area contributed by atoms with Crippen LogP contribution in [0.5, 0.6) is 0 Å². The first kappa shape index (κ1) is 36.0. The largest absolute Gasteiger partial charge is 0.333 e. The van der Waals surface area contributed by atoms with Crippen LogP contribution >= 0.6 is 0 Å². The van der Waals surface area contributed by atoms with Crippen LogP contribution in [0.3, 0.4) is 0 Å². The van der Waals surface area contributed by atoms with E-state index in [1.165, 1.54) is 99.3 Å². The van der Waals surface area contributed by atoms with Crippen LogP contribution in [0.4, 0.5) is 0 Å². The highest BCUT2D eigenvalue weighted by atomic mass is 15.0. The fourth-order valence-corrected chi connectivity index (χ4v) is 9.92. The average Bonchev–Trinajstić information content (AvgIpc) is 3.87. The number of nitrogens with zero attached hydrogens (tertiary/aromatic N) is 2. The maximum absolute atomic E-state index is 2.58. The standard InChI is InChI=1S/C60H42N2/c1-5-17-41(18-6-1)47-33-48(42-19-7-2-8-20-42)36-51(35-47)61-57-27-15-13-25-53(57)55-39-45(29-31-59(55)61)46-30-32-60-56(40-46)54-26-14-16-28-58(54)62(60)52-37-49(43-21-9-3-10-22-43)34-50(38-52)44-23-11-4-12-24-44/h1-37,39-40,52H,38H2. The number of benzene rings is 9. The van der Waals surface area contributed by atoms with Gasteiger partial charge in [0.05, 0.1) is 17.1 Å². The zero-order valence-electron chi connectivity index (χ0n) is 34.2. The van der Waals surface area contributed by atoms with Gasteiger partial charge in [0.15, 0.2) is 0 Å². The van der Waals surface area contributed by atoms with Gasteiger partial charge in [-0.05, 0) is 117 Å². The summed E-state index contributed by atoms with van der Waals surface area (Å²) in [6.07, 6.45) is 5.78. The number of para-hydroxylation sites is 2. The fraction of sp³-hybridized carbons (Fsp3) is 0.0333. The molecule has 1 aliphatic rings. The van der Waals surface area contributed by atoms with Crippen molar-refractivity contribution in [1.82, 2.24) is 9.13 Å². The van der Waals surface area contributed by atoms with Gasteiger partial charge in [-0.15, -0.1) is 0 Å². The van der Waals surface area contributed by atoms with Gasteiger partial charge in [-0.1, -0.05) is 182 Å². The van der Waals surface area contributed by atoms with E-state index in [1.54, 1.807) is 0 Å². The SMILES string of the molecule is C1=C(c2ccccc2)C=C(c2ccccc2)CC1n1c2ccccc2c2cc(-c3ccc4c(c3)c3ccccc3n4-c3cc(-c4ccccc4)cc(-c4ccccc4)c3)ccc21. The summed E-state index contributed by atoms with van der Waals surface area (Å²) in [5, 5.41) is 5.04. The first-order chi connectivity index (χ1) is 30.7. The van der Waals surface area contributed by atoms with E-state index in [2.05, 4.69) is 246 Å². The van der Waals surface area contributed by atoms with Crippen LogP contribution in [0, 0.1) is 0 Å². The lowest BCUT2D eigenvalue weighted by Gasteiger charge is -2.26. The third-order valence-electron chi connectivity index (χ3n) is 12.8. The van der Waals surface area contributed by atoms with Crippen molar-refractivity contribution >= 4 is 54.8 Å². The average molecular weight is 791 g/mol. The Kier molecular flexibility index (Phi) is 8.67. The molecule has 0 aliphatic heterocycles. The highest BCUT2D eigenvalue weighted by Gasteiger charge is 2.24. The number of hydrogen-bond donors (Lipinski definition) is 0. The molecule has 2 heterocycles. The van der Waals surface area contributed by atoms with Crippen LogP contribution < -0.4 is 0 Å². The smallest absolute Gasteiger partial charge is 0.0572 e. The Labute approximate surface area is 361 Å². The molecule has 292 valence electrons. The summed E-state index contributed by atoms with van der Waals surface area (Å²) in [7, 11) is 0. The second kappa shape index (κ2) is 15.0. The van der Waals surface area contributed by atoms with Crippen molar-refractivity contribution in [2.75, 3.05) is 0 Å². The summed E-state index contributed by atoms with van der Waals surface area (Å²) < 4.78 is 5.03. The first-order valence-corrected chi connectivity index (χ1v) is 21.6. The zero-order valence-corrected chi connectivity index (χ0v) is 34.2. The van der Waals surface area contributed by atoms with Crippen LogP contribution in [0.1, 0.15) is 23.6 Å². The quantitative estimate of drug-likeness (QED) is 0.152. The van der Waals surface area contributed by atoms with E-state index in [9.17, 15) is 0 Å². The Hall–Kier alpha value is -7.94. The molecular weight excluding hydrogens is 749 g/mol. The number of hydrogen-bond acceptors (Lipinski definition) is 0. The molecule has 0 radical (unpaired) electrons. The first-order valence-electron chi connectivity index (χ1n) is 21.6. The molecule has 2 heteroatoms. The van der Waals surface area contributed by atoms with Crippen molar-refractivity contribution in [3.8, 4) is 39.1 Å². The van der Waals surface area contributed by atoms with E-state index in [0.717, 1.165) is 12.1 Å². The van der Waals surface area contributed by atoms with Gasteiger partial charge < -0.3 is 9.13 Å². The monoisotopic (exact) mass is 790 g/mol. The fourth-order valence-electron chi connectivity index (χ4n) is 9.92. The van der Waals surface area contributed by atoms with Gasteiger partial charge in [0, 0.05) is 38.3 Å². The molecule has 11 aromatic rings. The van der Waals surface area contributed by atoms with Crippen molar-refractivity contribution in [3.63, 3.8) is 0 Å². The predicted molar refractivity (Wildman–Crippen MR) is 263 cm³/mol. The summed E-state index contributed by atoms with van der Waals surface area (Å²) in [6, 6.07) is 82.2. The van der Waals surface area contributed by atoms with E-state index in [-0.39, 0.29) is 6.04 Å². The lowest BCUT2D eigenvalue weighted by molar-refractivity contribution is 0.658. The third-order valence-corrected chi connectivity index (χ3v) is 12.8. The lowest BCUT2D eigenvalue weighted by Crippen LogP contribution is -2.11. The van der Waals surface area contributed by atoms with Crippen molar-refractivity contribution in [1.29, 1.82) is 0 Å². The molecule has 2 nitrogen and oxygen atoms in total. The van der Waals surface area contributed by atoms with Crippen molar-refractivity contribution in [2.24, 2.45) is 0 Å². The molecule has 0 fully saturated rings. The van der Waals surface area contributed by atoms with Gasteiger partial charge in [0.25, 0.3) is 0 Å². The summed E-state index contributed by atoms with van der Waals surface area (Å²) in [5.74, 6) is 0. The Balaban J connectivity index is 0.999. The summed E-state index contributed by atoms with van der Waals surface area (Å²) in [5.41, 5.74) is 18.4. The normalized spacial score (nSPS) is 14.1. The van der Waals surface area contributed by atoms with Gasteiger partial charge in [0.1, 0.15) is 0 Å². The molecule has 0 bridgehead atoms. The van der Waals surface area contributed by atoms with Gasteiger partial charge in [-0.3, -0.25) is 0 Å². The van der Waals surface area contributed by atoms with Crippen LogP contribution in [0.25, 0.3) is 93.8 Å². The maximum atomic E-state index is 2.58. The molecule has 12 rings (SSSR count). The number of allylic oxidation sites excluding steroid dienone is 4. The minimum atomic E-state index is 0.143. The van der Waals surface area contributed by atoms with Crippen molar-refractivity contribution in [2.45, 2.75) is 12.5 Å². The van der Waals surface area contributed by atoms with Gasteiger partial charge in [-0.25, -0.2) is 0 Å². The molecule has 0 amide bonds. The molecule has 0 saturated heterocycles. The van der Waals surface area contributed by atoms with Crippen LogP contribution in [0.2, 0.25) is 0 Å². The lowest BCUT2D eigenvalue weighted by atomic mass is 9.88. The number of aromatic nitrogens is 2. The van der Waals surface area contributed by atoms with Gasteiger partial charge >= 0.3 is 0 Å². The Bertz CT molecular complexity index is 3460. The Morgan fingerprint density at radius 3 is 1.39 bits per heavy atom. The molecule has 9 aromatic carbocycles. The van der Waals surface area contributed by atoms with E-state index < -0.39 is 0 Å². The highest BCUT2D eigenvalue weighted by Crippen LogP contribution is 2.43. The van der Waals surface area contributed by atoms with E-state index in [1.807, 2.05) is 0 Å². The van der Waals surface area contributed by atoms with Crippen LogP contribution in [0.15, 0.2) is 237 Å². The van der Waals surface area contributed by atoms with E-state index >= 15 is 0 Å². The van der Waals surface area contributed by atoms with E-state index in [0.29, 0.717) is 0 Å². The maximum Gasteiger partial charge on any atom is 0.0572 e. The van der Waals surface area contributed by atoms with Crippen LogP contribution in [-0.4, -0.2) is 9.13 Å². The minimum absolute atomic E-state index is 0.143. The number of rotatable bonds is 7. The molecule has 0 saturated carbocycles. The zero-order chi connectivity index (χ0) is 41.0. The molecule has 62 heavy (non-hydrogen) atoms. The van der Waals surface area contributed by atoms with Gasteiger partial charge in [-0.2, -0.15) is 0 Å². The molecule has 2 aromatic heterocycles.